The summed E-state index contributed by atoms with van der Waals surface area (Å²) in [6.07, 6.45) is 0. The molecular weight excluding hydrogens is 354 g/mol. The van der Waals surface area contributed by atoms with Crippen LogP contribution in [0.2, 0.25) is 0 Å². The summed E-state index contributed by atoms with van der Waals surface area (Å²) >= 11 is 0. The molecule has 0 unspecified atom stereocenters. The second-order valence-corrected chi connectivity index (χ2v) is 5.93. The fourth-order valence-corrected chi connectivity index (χ4v) is 2.73. The Hall–Kier alpha value is -3.62. The number of nitrogens with one attached hydrogen (secondary N) is 1. The molecule has 0 atom stereocenters. The molecule has 0 spiro atoms. The molecule has 0 bridgehead atoms. The van der Waals surface area contributed by atoms with Crippen LogP contribution >= 0.6 is 0 Å². The molecule has 9 nitrogen and oxygen atoms in total. The Morgan fingerprint density at radius 3 is 2.81 bits per heavy atom. The van der Waals surface area contributed by atoms with Crippen LogP contribution in [0.25, 0.3) is 0 Å². The number of benzene rings is 2. The monoisotopic (exact) mass is 371 g/mol. The number of hydrogen-bond donors (Lipinski definition) is 1. The van der Waals surface area contributed by atoms with Crippen molar-refractivity contribution in [3.63, 3.8) is 0 Å². The van der Waals surface area contributed by atoms with E-state index in [9.17, 15) is 19.7 Å². The van der Waals surface area contributed by atoms with E-state index < -0.39 is 16.7 Å². The number of fused-ring (bicyclic) bond motifs is 1. The van der Waals surface area contributed by atoms with Gasteiger partial charge in [0.1, 0.15) is 18.0 Å². The van der Waals surface area contributed by atoms with Gasteiger partial charge in [-0.15, -0.1) is 0 Å². The van der Waals surface area contributed by atoms with Crippen molar-refractivity contribution in [3.05, 3.63) is 52.1 Å². The third-order valence-corrected chi connectivity index (χ3v) is 4.03. The Morgan fingerprint density at radius 2 is 2.11 bits per heavy atom. The molecule has 0 saturated carbocycles. The Morgan fingerprint density at radius 1 is 1.33 bits per heavy atom. The number of ether oxygens (including phenoxy) is 2. The predicted octanol–water partition coefficient (Wildman–Crippen LogP) is 2.28. The molecule has 2 aromatic rings. The third-order valence-electron chi connectivity index (χ3n) is 4.03. The van der Waals surface area contributed by atoms with Crippen LogP contribution in [0.3, 0.4) is 0 Å². The summed E-state index contributed by atoms with van der Waals surface area (Å²) in [6, 6.07) is 9.22. The number of non-ortho nitro benzene ring substituents is 1. The van der Waals surface area contributed by atoms with E-state index >= 15 is 0 Å². The van der Waals surface area contributed by atoms with E-state index in [1.807, 2.05) is 13.0 Å². The zero-order valence-corrected chi connectivity index (χ0v) is 14.7. The molecule has 9 heteroatoms. The van der Waals surface area contributed by atoms with Gasteiger partial charge in [-0.1, -0.05) is 6.07 Å². The van der Waals surface area contributed by atoms with Crippen molar-refractivity contribution in [2.75, 3.05) is 30.5 Å². The minimum absolute atomic E-state index is 0.187. The molecule has 1 aliphatic heterocycles. The van der Waals surface area contributed by atoms with Crippen LogP contribution in [-0.2, 0) is 9.59 Å². The molecule has 0 fully saturated rings. The summed E-state index contributed by atoms with van der Waals surface area (Å²) < 4.78 is 10.5. The summed E-state index contributed by atoms with van der Waals surface area (Å²) in [5.41, 5.74) is 1.39. The van der Waals surface area contributed by atoms with Crippen LogP contribution in [0.15, 0.2) is 36.4 Å². The van der Waals surface area contributed by atoms with Gasteiger partial charge in [-0.3, -0.25) is 24.6 Å². The first-order valence-electron chi connectivity index (χ1n) is 8.05. The maximum absolute atomic E-state index is 12.5. The van der Waals surface area contributed by atoms with Crippen molar-refractivity contribution in [2.45, 2.75) is 6.92 Å². The van der Waals surface area contributed by atoms with Crippen LogP contribution < -0.4 is 19.7 Å². The molecule has 0 aromatic heterocycles. The largest absolute Gasteiger partial charge is 0.495 e. The van der Waals surface area contributed by atoms with Crippen molar-refractivity contribution < 1.29 is 24.0 Å². The first kappa shape index (κ1) is 18.2. The Kier molecular flexibility index (Phi) is 4.93. The van der Waals surface area contributed by atoms with Crippen molar-refractivity contribution in [1.29, 1.82) is 0 Å². The normalized spacial score (nSPS) is 12.8. The van der Waals surface area contributed by atoms with Crippen LogP contribution in [0.1, 0.15) is 5.56 Å². The molecule has 3 rings (SSSR count). The van der Waals surface area contributed by atoms with E-state index in [1.165, 1.54) is 30.2 Å². The number of carbonyl (C=O) groups excluding carboxylic acids is 2. The van der Waals surface area contributed by atoms with Crippen LogP contribution in [0, 0.1) is 17.0 Å². The molecule has 2 aromatic carbocycles. The van der Waals surface area contributed by atoms with Gasteiger partial charge in [-0.25, -0.2) is 0 Å². The first-order chi connectivity index (χ1) is 12.9. The number of aryl methyl sites for hydroxylation is 1. The average molecular weight is 371 g/mol. The summed E-state index contributed by atoms with van der Waals surface area (Å²) in [7, 11) is 1.49. The highest BCUT2D eigenvalue weighted by Crippen LogP contribution is 2.35. The predicted molar refractivity (Wildman–Crippen MR) is 97.3 cm³/mol. The SMILES string of the molecule is COc1ccc(C)cc1NC(=O)CN1C(=O)COc2ccc([N+](=O)[O-])cc21. The number of carbonyl (C=O) groups is 2. The molecule has 27 heavy (non-hydrogen) atoms. The maximum atomic E-state index is 12.5. The van der Waals surface area contributed by atoms with Gasteiger partial charge < -0.3 is 14.8 Å². The van der Waals surface area contributed by atoms with Crippen molar-refractivity contribution in [2.24, 2.45) is 0 Å². The van der Waals surface area contributed by atoms with E-state index in [0.29, 0.717) is 17.2 Å². The fourth-order valence-electron chi connectivity index (χ4n) is 2.73. The van der Waals surface area contributed by atoms with Gasteiger partial charge >= 0.3 is 0 Å². The van der Waals surface area contributed by atoms with Crippen LogP contribution in [0.4, 0.5) is 17.1 Å². The lowest BCUT2D eigenvalue weighted by molar-refractivity contribution is -0.384. The second kappa shape index (κ2) is 7.32. The van der Waals surface area contributed by atoms with E-state index in [1.54, 1.807) is 12.1 Å². The van der Waals surface area contributed by atoms with Gasteiger partial charge in [0.25, 0.3) is 11.6 Å². The molecule has 0 aliphatic carbocycles. The number of methoxy groups -OCH3 is 1. The summed E-state index contributed by atoms with van der Waals surface area (Å²) in [5, 5.41) is 13.7. The first-order valence-corrected chi connectivity index (χ1v) is 8.05. The smallest absolute Gasteiger partial charge is 0.271 e. The number of rotatable bonds is 5. The molecular formula is C18H17N3O6. The quantitative estimate of drug-likeness (QED) is 0.638. The summed E-state index contributed by atoms with van der Waals surface area (Å²) in [5.74, 6) is -0.139. The standard InChI is InChI=1S/C18H17N3O6/c1-11-3-5-15(26-2)13(7-11)19-17(22)9-20-14-8-12(21(24)25)4-6-16(14)27-10-18(20)23/h3-8H,9-10H2,1-2H3,(H,19,22). The van der Waals surface area contributed by atoms with Crippen molar-refractivity contribution in [1.82, 2.24) is 0 Å². The Bertz CT molecular complexity index is 927. The Labute approximate surface area is 154 Å². The molecule has 0 radical (unpaired) electrons. The lowest BCUT2D eigenvalue weighted by Gasteiger charge is -2.28. The number of nitro benzene ring substituents is 1. The zero-order valence-electron chi connectivity index (χ0n) is 14.7. The number of anilines is 2. The number of nitrogens with zero attached hydrogens (tertiary/aromatic N) is 2. The number of nitro groups is 1. The van der Waals surface area contributed by atoms with Crippen LogP contribution in [0.5, 0.6) is 11.5 Å². The molecule has 1 aliphatic rings. The van der Waals surface area contributed by atoms with Gasteiger partial charge in [-0.05, 0) is 30.7 Å². The topological polar surface area (TPSA) is 111 Å². The Balaban J connectivity index is 1.84. The maximum Gasteiger partial charge on any atom is 0.271 e. The minimum atomic E-state index is -0.574. The van der Waals surface area contributed by atoms with Gasteiger partial charge in [0, 0.05) is 12.1 Å². The highest BCUT2D eigenvalue weighted by molar-refractivity contribution is 6.05. The van der Waals surface area contributed by atoms with Crippen molar-refractivity contribution >= 4 is 28.9 Å². The molecule has 1 N–H and O–H groups in total. The highest BCUT2D eigenvalue weighted by atomic mass is 16.6. The molecule has 1 heterocycles. The van der Waals surface area contributed by atoms with Gasteiger partial charge in [0.05, 0.1) is 23.4 Å². The molecule has 140 valence electrons. The third kappa shape index (κ3) is 3.81. The van der Waals surface area contributed by atoms with E-state index in [2.05, 4.69) is 5.32 Å². The lowest BCUT2D eigenvalue weighted by atomic mass is 10.2. The van der Waals surface area contributed by atoms with Gasteiger partial charge in [-0.2, -0.15) is 0 Å². The molecule has 2 amide bonds. The highest BCUT2D eigenvalue weighted by Gasteiger charge is 2.29. The van der Waals surface area contributed by atoms with E-state index in [0.717, 1.165) is 5.56 Å². The lowest BCUT2D eigenvalue weighted by Crippen LogP contribution is -2.43. The van der Waals surface area contributed by atoms with Gasteiger partial charge in [0.15, 0.2) is 6.61 Å². The van der Waals surface area contributed by atoms with Crippen molar-refractivity contribution in [3.8, 4) is 11.5 Å². The van der Waals surface area contributed by atoms with E-state index in [-0.39, 0.29) is 24.5 Å². The van der Waals surface area contributed by atoms with Gasteiger partial charge in [0.2, 0.25) is 5.91 Å². The number of hydrogen-bond acceptors (Lipinski definition) is 6. The fraction of sp³-hybridized carbons (Fsp3) is 0.222. The summed E-state index contributed by atoms with van der Waals surface area (Å²) in [4.78, 5) is 36.3. The average Bonchev–Trinajstić information content (AvgIpc) is 2.64. The van der Waals surface area contributed by atoms with Crippen LogP contribution in [-0.4, -0.2) is 37.0 Å². The second-order valence-electron chi connectivity index (χ2n) is 5.93. The zero-order chi connectivity index (χ0) is 19.6. The minimum Gasteiger partial charge on any atom is -0.495 e. The molecule has 0 saturated heterocycles. The van der Waals surface area contributed by atoms with E-state index in [4.69, 9.17) is 9.47 Å². The number of amides is 2. The summed E-state index contributed by atoms with van der Waals surface area (Å²) in [6.45, 7) is 1.31.